The maximum atomic E-state index is 14.3. The fraction of sp³-hybridized carbons (Fsp3) is 0.586. The Labute approximate surface area is 205 Å². The molecule has 4 rings (SSSR count). The fourth-order valence-corrected chi connectivity index (χ4v) is 6.14. The Morgan fingerprint density at radius 3 is 2.26 bits per heavy atom. The van der Waals surface area contributed by atoms with Gasteiger partial charge < -0.3 is 4.74 Å². The lowest BCUT2D eigenvalue weighted by molar-refractivity contribution is -0.254. The number of ether oxygens (including phenoxy) is 1. The van der Waals surface area contributed by atoms with Crippen molar-refractivity contribution in [2.24, 2.45) is 17.8 Å². The molecule has 2 aromatic carbocycles. The van der Waals surface area contributed by atoms with E-state index in [1.165, 1.54) is 75.8 Å². The maximum absolute atomic E-state index is 14.3. The third-order valence-corrected chi connectivity index (χ3v) is 8.08. The molecule has 0 amide bonds. The van der Waals surface area contributed by atoms with Crippen LogP contribution in [0, 0.1) is 23.6 Å². The van der Waals surface area contributed by atoms with Crippen molar-refractivity contribution in [1.82, 2.24) is 0 Å². The molecule has 0 aliphatic heterocycles. The number of hydrogen-bond acceptors (Lipinski definition) is 1. The molecule has 2 aromatic rings. The van der Waals surface area contributed by atoms with Gasteiger partial charge in [0.05, 0.1) is 0 Å². The van der Waals surface area contributed by atoms with Crippen LogP contribution in [0.2, 0.25) is 0 Å². The van der Waals surface area contributed by atoms with Crippen LogP contribution in [0.3, 0.4) is 0 Å². The van der Waals surface area contributed by atoms with Gasteiger partial charge in [0.15, 0.2) is 11.6 Å². The number of hydrogen-bond donors (Lipinski definition) is 0. The molecule has 0 radical (unpaired) electrons. The molecule has 35 heavy (non-hydrogen) atoms. The highest BCUT2D eigenvalue weighted by atomic mass is 19.3. The van der Waals surface area contributed by atoms with E-state index in [4.69, 9.17) is 0 Å². The molecular formula is C29H35F5O. The molecule has 192 valence electrons. The first-order chi connectivity index (χ1) is 16.8. The molecule has 0 bridgehead atoms. The normalized spacial score (nSPS) is 24.9. The summed E-state index contributed by atoms with van der Waals surface area (Å²) in [6.45, 7) is 2.26. The molecule has 2 saturated carbocycles. The summed E-state index contributed by atoms with van der Waals surface area (Å²) in [5.41, 5.74) is 2.50. The first-order valence-electron chi connectivity index (χ1n) is 13.0. The van der Waals surface area contributed by atoms with E-state index >= 15 is 0 Å². The molecule has 2 aliphatic rings. The maximum Gasteiger partial charge on any atom is 0.461 e. The van der Waals surface area contributed by atoms with Crippen LogP contribution in [0.15, 0.2) is 42.5 Å². The molecule has 0 N–H and O–H groups in total. The van der Waals surface area contributed by atoms with Crippen LogP contribution in [0.1, 0.15) is 82.6 Å². The Balaban J connectivity index is 1.35. The first-order valence-corrected chi connectivity index (χ1v) is 13.0. The summed E-state index contributed by atoms with van der Waals surface area (Å²) >= 11 is 0. The van der Waals surface area contributed by atoms with Crippen LogP contribution in [-0.4, -0.2) is 12.5 Å². The number of halogens is 5. The van der Waals surface area contributed by atoms with Crippen molar-refractivity contribution in [2.75, 3.05) is 0 Å². The van der Waals surface area contributed by atoms with Gasteiger partial charge in [-0.05, 0) is 84.6 Å². The van der Waals surface area contributed by atoms with E-state index < -0.39 is 24.1 Å². The molecule has 6 heteroatoms. The number of fused-ring (bicyclic) bond motifs is 1. The zero-order chi connectivity index (χ0) is 25.0. The van der Waals surface area contributed by atoms with Gasteiger partial charge in [-0.25, -0.2) is 4.39 Å². The van der Waals surface area contributed by atoms with Gasteiger partial charge in [-0.3, -0.25) is 0 Å². The molecule has 0 heterocycles. The van der Waals surface area contributed by atoms with Gasteiger partial charge in [0.25, 0.3) is 0 Å². The predicted octanol–water partition coefficient (Wildman–Crippen LogP) is 9.61. The highest BCUT2D eigenvalue weighted by Gasteiger charge is 2.44. The van der Waals surface area contributed by atoms with E-state index in [-0.39, 0.29) is 0 Å². The second kappa shape index (κ2) is 11.3. The van der Waals surface area contributed by atoms with E-state index in [0.717, 1.165) is 35.4 Å². The summed E-state index contributed by atoms with van der Waals surface area (Å²) in [7, 11) is 0. The molecule has 2 fully saturated rings. The second-order valence-corrected chi connectivity index (χ2v) is 10.4. The zero-order valence-electron chi connectivity index (χ0n) is 20.3. The highest BCUT2D eigenvalue weighted by molar-refractivity contribution is 5.64. The molecule has 0 aromatic heterocycles. The topological polar surface area (TPSA) is 9.23 Å². The Kier molecular flexibility index (Phi) is 8.38. The van der Waals surface area contributed by atoms with Crippen molar-refractivity contribution in [1.29, 1.82) is 0 Å². The Morgan fingerprint density at radius 2 is 1.57 bits per heavy atom. The smallest absolute Gasteiger partial charge is 0.425 e. The highest BCUT2D eigenvalue weighted by Crippen LogP contribution is 2.48. The Bertz CT molecular complexity index is 958. The van der Waals surface area contributed by atoms with Gasteiger partial charge >= 0.3 is 12.5 Å². The summed E-state index contributed by atoms with van der Waals surface area (Å²) < 4.78 is 69.0. The number of alkyl halides is 4. The number of unbranched alkanes of at least 4 members (excludes halogenated alkanes) is 2. The van der Waals surface area contributed by atoms with Crippen molar-refractivity contribution in [3.8, 4) is 16.9 Å². The average Bonchev–Trinajstić information content (AvgIpc) is 2.85. The van der Waals surface area contributed by atoms with Gasteiger partial charge in [0.2, 0.25) is 0 Å². The molecule has 0 saturated heterocycles. The summed E-state index contributed by atoms with van der Waals surface area (Å²) in [4.78, 5) is 0. The number of rotatable bonds is 9. The predicted molar refractivity (Wildman–Crippen MR) is 128 cm³/mol. The van der Waals surface area contributed by atoms with E-state index in [1.807, 2.05) is 12.1 Å². The minimum Gasteiger partial charge on any atom is -0.425 e. The molecule has 4 unspecified atom stereocenters. The van der Waals surface area contributed by atoms with Gasteiger partial charge in [0.1, 0.15) is 0 Å². The molecule has 4 atom stereocenters. The fourth-order valence-electron chi connectivity index (χ4n) is 6.14. The molecule has 1 nitrogen and oxygen atoms in total. The number of benzene rings is 2. The standard InChI is InChI=1S/C29H35F5O/c1-2-3-4-5-19-6-7-24-17-23(13-12-22(24)16-19)20-8-10-21(11-9-20)25-14-15-27(26(30)18-25)35-29(33,34)28(31)32/h8-11,14-15,18-19,22-24,28H,2-7,12-13,16-17H2,1H3. The lowest BCUT2D eigenvalue weighted by atomic mass is 9.63. The van der Waals surface area contributed by atoms with Crippen LogP contribution in [0.25, 0.3) is 11.1 Å². The molecule has 0 spiro atoms. The first kappa shape index (κ1) is 26.0. The van der Waals surface area contributed by atoms with E-state index in [0.29, 0.717) is 11.5 Å². The van der Waals surface area contributed by atoms with Gasteiger partial charge in [-0.1, -0.05) is 69.4 Å². The summed E-state index contributed by atoms with van der Waals surface area (Å²) in [5.74, 6) is 1.13. The van der Waals surface area contributed by atoms with E-state index in [2.05, 4.69) is 23.8 Å². The minimum atomic E-state index is -4.74. The van der Waals surface area contributed by atoms with Crippen LogP contribution in [-0.2, 0) is 0 Å². The van der Waals surface area contributed by atoms with E-state index in [1.54, 1.807) is 0 Å². The van der Waals surface area contributed by atoms with Crippen LogP contribution in [0.4, 0.5) is 22.0 Å². The Morgan fingerprint density at radius 1 is 0.886 bits per heavy atom. The van der Waals surface area contributed by atoms with Gasteiger partial charge in [0, 0.05) is 0 Å². The van der Waals surface area contributed by atoms with Gasteiger partial charge in [-0.15, -0.1) is 0 Å². The molecule has 2 aliphatic carbocycles. The van der Waals surface area contributed by atoms with Crippen molar-refractivity contribution in [3.05, 3.63) is 53.8 Å². The summed E-state index contributed by atoms with van der Waals surface area (Å²) in [6.07, 6.45) is 4.44. The van der Waals surface area contributed by atoms with Crippen molar-refractivity contribution < 1.29 is 26.7 Å². The summed E-state index contributed by atoms with van der Waals surface area (Å²) in [5, 5.41) is 0. The lowest BCUT2D eigenvalue weighted by Crippen LogP contribution is -2.33. The van der Waals surface area contributed by atoms with Crippen LogP contribution < -0.4 is 4.74 Å². The lowest BCUT2D eigenvalue weighted by Gasteiger charge is -2.42. The van der Waals surface area contributed by atoms with E-state index in [9.17, 15) is 22.0 Å². The third kappa shape index (κ3) is 6.37. The van der Waals surface area contributed by atoms with Crippen LogP contribution in [0.5, 0.6) is 5.75 Å². The van der Waals surface area contributed by atoms with Crippen molar-refractivity contribution in [2.45, 2.75) is 89.6 Å². The average molecular weight is 495 g/mol. The zero-order valence-corrected chi connectivity index (χ0v) is 20.3. The summed E-state index contributed by atoms with van der Waals surface area (Å²) in [6, 6.07) is 11.4. The van der Waals surface area contributed by atoms with Crippen LogP contribution >= 0.6 is 0 Å². The van der Waals surface area contributed by atoms with Gasteiger partial charge in [-0.2, -0.15) is 17.6 Å². The second-order valence-electron chi connectivity index (χ2n) is 10.4. The largest absolute Gasteiger partial charge is 0.461 e. The third-order valence-electron chi connectivity index (χ3n) is 8.08. The monoisotopic (exact) mass is 494 g/mol. The Hall–Kier alpha value is -2.11. The van der Waals surface area contributed by atoms with Crippen molar-refractivity contribution >= 4 is 0 Å². The molecular weight excluding hydrogens is 459 g/mol. The quantitative estimate of drug-likeness (QED) is 0.249. The minimum absolute atomic E-state index is 0.479. The van der Waals surface area contributed by atoms with Crippen molar-refractivity contribution in [3.63, 3.8) is 0 Å². The SMILES string of the molecule is CCCCCC1CCC2CC(c3ccc(-c4ccc(OC(F)(F)C(F)F)c(F)c4)cc3)CCC2C1.